The summed E-state index contributed by atoms with van der Waals surface area (Å²) in [7, 11) is 0. The quantitative estimate of drug-likeness (QED) is 0.609. The number of aromatic amines is 1. The Morgan fingerprint density at radius 1 is 1.13 bits per heavy atom. The summed E-state index contributed by atoms with van der Waals surface area (Å²) in [4.78, 5) is 0. The molecular weight excluding hydrogens is 290 g/mol. The van der Waals surface area contributed by atoms with Gasteiger partial charge in [-0.3, -0.25) is 5.10 Å². The average molecular weight is 305 g/mol. The predicted octanol–water partition coefficient (Wildman–Crippen LogP) is 2.40. The summed E-state index contributed by atoms with van der Waals surface area (Å²) >= 11 is 0. The van der Waals surface area contributed by atoms with Crippen molar-refractivity contribution in [1.29, 1.82) is 0 Å². The number of aromatic nitrogens is 5. The van der Waals surface area contributed by atoms with Gasteiger partial charge in [-0.2, -0.15) is 5.10 Å². The molecule has 6 nitrogen and oxygen atoms in total. The summed E-state index contributed by atoms with van der Waals surface area (Å²) in [6, 6.07) is 15.3. The highest BCUT2D eigenvalue weighted by Crippen LogP contribution is 2.27. The number of aliphatic hydroxyl groups is 1. The molecule has 2 heterocycles. The molecule has 0 spiro atoms. The van der Waals surface area contributed by atoms with Gasteiger partial charge in [0.15, 0.2) is 0 Å². The molecular formula is C17H15N5O. The summed E-state index contributed by atoms with van der Waals surface area (Å²) < 4.78 is 1.65. The molecule has 114 valence electrons. The van der Waals surface area contributed by atoms with E-state index in [1.54, 1.807) is 24.0 Å². The Balaban J connectivity index is 1.73. The van der Waals surface area contributed by atoms with Gasteiger partial charge in [-0.15, -0.1) is 5.10 Å². The van der Waals surface area contributed by atoms with Crippen molar-refractivity contribution in [3.05, 3.63) is 72.2 Å². The topological polar surface area (TPSA) is 79.6 Å². The van der Waals surface area contributed by atoms with E-state index in [0.717, 1.165) is 22.2 Å². The van der Waals surface area contributed by atoms with Crippen LogP contribution in [0, 0.1) is 0 Å². The Hall–Kier alpha value is -2.99. The van der Waals surface area contributed by atoms with Gasteiger partial charge >= 0.3 is 0 Å². The van der Waals surface area contributed by atoms with Gasteiger partial charge in [0.1, 0.15) is 11.3 Å². The van der Waals surface area contributed by atoms with Crippen molar-refractivity contribution >= 4 is 10.9 Å². The lowest BCUT2D eigenvalue weighted by Gasteiger charge is -2.20. The Labute approximate surface area is 132 Å². The lowest BCUT2D eigenvalue weighted by Crippen LogP contribution is -2.23. The first-order chi connectivity index (χ1) is 11.1. The molecule has 6 heteroatoms. The zero-order chi connectivity index (χ0) is 15.9. The zero-order valence-corrected chi connectivity index (χ0v) is 12.5. The normalized spacial score (nSPS) is 14.0. The van der Waals surface area contributed by atoms with E-state index < -0.39 is 5.60 Å². The van der Waals surface area contributed by atoms with E-state index in [4.69, 9.17) is 0 Å². The summed E-state index contributed by atoms with van der Waals surface area (Å²) in [6.07, 6.45) is 3.51. The first-order valence-electron chi connectivity index (χ1n) is 7.29. The van der Waals surface area contributed by atoms with Gasteiger partial charge in [-0.1, -0.05) is 35.5 Å². The molecule has 0 aliphatic rings. The van der Waals surface area contributed by atoms with Gasteiger partial charge in [0, 0.05) is 5.39 Å². The van der Waals surface area contributed by atoms with Gasteiger partial charge in [0.2, 0.25) is 0 Å². The molecule has 2 aromatic heterocycles. The number of hydrogen-bond donors (Lipinski definition) is 2. The van der Waals surface area contributed by atoms with Gasteiger partial charge in [0.05, 0.1) is 23.6 Å². The molecule has 0 bridgehead atoms. The van der Waals surface area contributed by atoms with Crippen LogP contribution in [0.3, 0.4) is 0 Å². The average Bonchev–Trinajstić information content (AvgIpc) is 3.24. The lowest BCUT2D eigenvalue weighted by atomic mass is 9.93. The molecule has 0 fully saturated rings. The van der Waals surface area contributed by atoms with Crippen LogP contribution < -0.4 is 0 Å². The van der Waals surface area contributed by atoms with Crippen LogP contribution in [0.2, 0.25) is 0 Å². The lowest BCUT2D eigenvalue weighted by molar-refractivity contribution is 0.0973. The van der Waals surface area contributed by atoms with Crippen LogP contribution in [-0.2, 0) is 5.60 Å². The number of nitrogens with zero attached hydrogens (tertiary/aromatic N) is 4. The molecule has 0 aliphatic heterocycles. The smallest absolute Gasteiger partial charge is 0.132 e. The number of nitrogens with one attached hydrogen (secondary N) is 1. The monoisotopic (exact) mass is 305 g/mol. The Kier molecular flexibility index (Phi) is 2.99. The molecule has 0 radical (unpaired) electrons. The number of fused-ring (bicyclic) bond motifs is 1. The summed E-state index contributed by atoms with van der Waals surface area (Å²) in [5.41, 5.74) is 1.90. The van der Waals surface area contributed by atoms with E-state index in [0.29, 0.717) is 5.69 Å². The van der Waals surface area contributed by atoms with Crippen LogP contribution in [0.5, 0.6) is 0 Å². The second-order valence-corrected chi connectivity index (χ2v) is 5.63. The van der Waals surface area contributed by atoms with Gasteiger partial charge < -0.3 is 5.11 Å². The largest absolute Gasteiger partial charge is 0.379 e. The van der Waals surface area contributed by atoms with Crippen molar-refractivity contribution < 1.29 is 5.11 Å². The SMILES string of the molecule is CC(O)(c1ccccc1)c1cn(-c2ccc3[nH]ncc3c2)nn1. The Morgan fingerprint density at radius 2 is 1.96 bits per heavy atom. The number of rotatable bonds is 3. The molecule has 0 amide bonds. The van der Waals surface area contributed by atoms with E-state index in [1.165, 1.54) is 0 Å². The van der Waals surface area contributed by atoms with Gasteiger partial charge in [-0.05, 0) is 30.7 Å². The number of benzene rings is 2. The van der Waals surface area contributed by atoms with Crippen molar-refractivity contribution in [2.24, 2.45) is 0 Å². The predicted molar refractivity (Wildman–Crippen MR) is 86.1 cm³/mol. The molecule has 1 atom stereocenters. The third-order valence-corrected chi connectivity index (χ3v) is 4.02. The fourth-order valence-corrected chi connectivity index (χ4v) is 2.60. The molecule has 4 aromatic rings. The van der Waals surface area contributed by atoms with Crippen molar-refractivity contribution in [2.45, 2.75) is 12.5 Å². The first-order valence-corrected chi connectivity index (χ1v) is 7.29. The summed E-state index contributed by atoms with van der Waals surface area (Å²) in [6.45, 7) is 1.72. The molecule has 1 unspecified atom stereocenters. The zero-order valence-electron chi connectivity index (χ0n) is 12.5. The number of H-pyrrole nitrogens is 1. The maximum atomic E-state index is 10.8. The van der Waals surface area contributed by atoms with E-state index in [2.05, 4.69) is 20.5 Å². The molecule has 0 aliphatic carbocycles. The van der Waals surface area contributed by atoms with E-state index in [-0.39, 0.29) is 0 Å². The molecule has 0 saturated heterocycles. The van der Waals surface area contributed by atoms with Gasteiger partial charge in [0.25, 0.3) is 0 Å². The molecule has 4 rings (SSSR count). The highest BCUT2D eigenvalue weighted by atomic mass is 16.3. The highest BCUT2D eigenvalue weighted by Gasteiger charge is 2.29. The van der Waals surface area contributed by atoms with E-state index >= 15 is 0 Å². The summed E-state index contributed by atoms with van der Waals surface area (Å²) in [5, 5.41) is 27.0. The molecule has 0 saturated carbocycles. The Morgan fingerprint density at radius 3 is 2.78 bits per heavy atom. The van der Waals surface area contributed by atoms with Crippen LogP contribution in [0.4, 0.5) is 0 Å². The van der Waals surface area contributed by atoms with Crippen molar-refractivity contribution in [1.82, 2.24) is 25.2 Å². The standard InChI is InChI=1S/C17H15N5O/c1-17(23,13-5-3-2-4-6-13)16-11-22(21-20-16)14-7-8-15-12(9-14)10-18-19-15/h2-11,23H,1H3,(H,18,19). The second kappa shape index (κ2) is 5.03. The van der Waals surface area contributed by atoms with Gasteiger partial charge in [-0.25, -0.2) is 4.68 Å². The van der Waals surface area contributed by atoms with Crippen LogP contribution in [0.15, 0.2) is 60.9 Å². The van der Waals surface area contributed by atoms with Crippen molar-refractivity contribution in [3.8, 4) is 5.69 Å². The van der Waals surface area contributed by atoms with E-state index in [9.17, 15) is 5.11 Å². The minimum absolute atomic E-state index is 0.496. The Bertz CT molecular complexity index is 955. The van der Waals surface area contributed by atoms with Crippen LogP contribution >= 0.6 is 0 Å². The maximum absolute atomic E-state index is 10.8. The van der Waals surface area contributed by atoms with Crippen molar-refractivity contribution in [3.63, 3.8) is 0 Å². The second-order valence-electron chi connectivity index (χ2n) is 5.63. The maximum Gasteiger partial charge on any atom is 0.132 e. The minimum atomic E-state index is -1.20. The fraction of sp³-hybridized carbons (Fsp3) is 0.118. The first kappa shape index (κ1) is 13.7. The van der Waals surface area contributed by atoms with Crippen LogP contribution in [0.25, 0.3) is 16.6 Å². The molecule has 23 heavy (non-hydrogen) atoms. The van der Waals surface area contributed by atoms with Crippen LogP contribution in [-0.4, -0.2) is 30.3 Å². The molecule has 2 aromatic carbocycles. The minimum Gasteiger partial charge on any atom is -0.379 e. The third-order valence-electron chi connectivity index (χ3n) is 4.02. The van der Waals surface area contributed by atoms with Crippen LogP contribution in [0.1, 0.15) is 18.2 Å². The van der Waals surface area contributed by atoms with Crippen molar-refractivity contribution in [2.75, 3.05) is 0 Å². The summed E-state index contributed by atoms with van der Waals surface area (Å²) in [5.74, 6) is 0. The fourth-order valence-electron chi connectivity index (χ4n) is 2.60. The third kappa shape index (κ3) is 2.29. The number of hydrogen-bond acceptors (Lipinski definition) is 4. The highest BCUT2D eigenvalue weighted by molar-refractivity contribution is 5.80. The molecule has 2 N–H and O–H groups in total. The van der Waals surface area contributed by atoms with E-state index in [1.807, 2.05) is 48.5 Å².